The third-order valence-corrected chi connectivity index (χ3v) is 2.60. The van der Waals surface area contributed by atoms with Crippen molar-refractivity contribution in [2.45, 2.75) is 0 Å². The summed E-state index contributed by atoms with van der Waals surface area (Å²) in [5.41, 5.74) is 0.810. The van der Waals surface area contributed by atoms with Gasteiger partial charge in [-0.1, -0.05) is 18.2 Å². The lowest BCUT2D eigenvalue weighted by Crippen LogP contribution is -2.07. The lowest BCUT2D eigenvalue weighted by atomic mass is 10.2. The summed E-state index contributed by atoms with van der Waals surface area (Å²) in [6.07, 6.45) is 2.67. The maximum Gasteiger partial charge on any atom is 0.270 e. The molecule has 0 saturated carbocycles. The molecule has 0 aliphatic carbocycles. The first-order chi connectivity index (χ1) is 10.0. The average Bonchev–Trinajstić information content (AvgIpc) is 2.45. The zero-order chi connectivity index (χ0) is 15.2. The van der Waals surface area contributed by atoms with Crippen molar-refractivity contribution < 1.29 is 14.1 Å². The van der Waals surface area contributed by atoms with Crippen molar-refractivity contribution in [3.8, 4) is 0 Å². The highest BCUT2D eigenvalue weighted by Crippen LogP contribution is 2.14. The quantitative estimate of drug-likeness (QED) is 0.532. The van der Waals surface area contributed by atoms with Crippen LogP contribution in [0.1, 0.15) is 5.56 Å². The molecule has 0 spiro atoms. The molecule has 2 rings (SSSR count). The zero-order valence-corrected chi connectivity index (χ0v) is 10.8. The van der Waals surface area contributed by atoms with Crippen LogP contribution in [0.4, 0.5) is 15.8 Å². The summed E-state index contributed by atoms with van der Waals surface area (Å²) in [5, 5.41) is 13.1. The molecular formula is C15H11FN2O3. The van der Waals surface area contributed by atoms with Crippen molar-refractivity contribution in [2.24, 2.45) is 0 Å². The first-order valence-corrected chi connectivity index (χ1v) is 6.04. The van der Waals surface area contributed by atoms with Gasteiger partial charge in [-0.05, 0) is 29.8 Å². The number of carbonyl (C=O) groups excluding carboxylic acids is 1. The predicted molar refractivity (Wildman–Crippen MR) is 77.2 cm³/mol. The minimum Gasteiger partial charge on any atom is -0.322 e. The second kappa shape index (κ2) is 6.42. The second-order valence-corrected chi connectivity index (χ2v) is 4.19. The number of nitro groups is 1. The maximum absolute atomic E-state index is 13.0. The van der Waals surface area contributed by atoms with Gasteiger partial charge in [0, 0.05) is 23.9 Å². The van der Waals surface area contributed by atoms with E-state index in [0.717, 1.165) is 0 Å². The Labute approximate surface area is 119 Å². The highest BCUT2D eigenvalue weighted by atomic mass is 19.1. The Morgan fingerprint density at radius 2 is 1.95 bits per heavy atom. The van der Waals surface area contributed by atoms with E-state index in [-0.39, 0.29) is 5.69 Å². The number of carbonyl (C=O) groups is 1. The van der Waals surface area contributed by atoms with Crippen LogP contribution in [0.5, 0.6) is 0 Å². The molecule has 0 aromatic heterocycles. The monoisotopic (exact) mass is 286 g/mol. The van der Waals surface area contributed by atoms with Crippen LogP contribution in [0.15, 0.2) is 54.6 Å². The highest BCUT2D eigenvalue weighted by molar-refractivity contribution is 6.01. The van der Waals surface area contributed by atoms with Gasteiger partial charge in [-0.25, -0.2) is 4.39 Å². The molecule has 1 amide bonds. The summed E-state index contributed by atoms with van der Waals surface area (Å²) < 4.78 is 13.0. The molecule has 0 aliphatic heterocycles. The number of benzene rings is 2. The highest BCUT2D eigenvalue weighted by Gasteiger charge is 2.04. The smallest absolute Gasteiger partial charge is 0.270 e. The third kappa shape index (κ3) is 4.24. The number of non-ortho nitro benzene ring substituents is 1. The van der Waals surface area contributed by atoms with Gasteiger partial charge in [0.2, 0.25) is 5.91 Å². The van der Waals surface area contributed by atoms with Crippen LogP contribution in [0.2, 0.25) is 0 Å². The summed E-state index contributed by atoms with van der Waals surface area (Å²) >= 11 is 0. The van der Waals surface area contributed by atoms with E-state index in [1.54, 1.807) is 12.1 Å². The minimum absolute atomic E-state index is 0.0531. The lowest BCUT2D eigenvalue weighted by Gasteiger charge is -2.01. The van der Waals surface area contributed by atoms with E-state index in [9.17, 15) is 19.3 Å². The van der Waals surface area contributed by atoms with E-state index >= 15 is 0 Å². The van der Waals surface area contributed by atoms with Gasteiger partial charge < -0.3 is 5.32 Å². The molecule has 0 radical (unpaired) electrons. The standard InChI is InChI=1S/C15H11FN2O3/c16-12-4-2-5-13(10-12)17-15(19)8-7-11-3-1-6-14(9-11)18(20)21/h1-10H,(H,17,19). The van der Waals surface area contributed by atoms with E-state index in [1.165, 1.54) is 48.6 Å². The van der Waals surface area contributed by atoms with Crippen molar-refractivity contribution in [3.05, 3.63) is 76.1 Å². The number of nitrogens with zero attached hydrogens (tertiary/aromatic N) is 1. The molecule has 6 heteroatoms. The van der Waals surface area contributed by atoms with Crippen LogP contribution in [-0.2, 0) is 4.79 Å². The fourth-order valence-corrected chi connectivity index (χ4v) is 1.66. The van der Waals surface area contributed by atoms with Gasteiger partial charge in [0.05, 0.1) is 4.92 Å². The van der Waals surface area contributed by atoms with E-state index in [2.05, 4.69) is 5.32 Å². The molecule has 21 heavy (non-hydrogen) atoms. The number of hydrogen-bond donors (Lipinski definition) is 1. The fraction of sp³-hybridized carbons (Fsp3) is 0. The van der Waals surface area contributed by atoms with Gasteiger partial charge >= 0.3 is 0 Å². The minimum atomic E-state index is -0.510. The van der Waals surface area contributed by atoms with Gasteiger partial charge in [-0.3, -0.25) is 14.9 Å². The largest absolute Gasteiger partial charge is 0.322 e. The molecule has 5 nitrogen and oxygen atoms in total. The molecule has 2 aromatic carbocycles. The Morgan fingerprint density at radius 1 is 1.19 bits per heavy atom. The zero-order valence-electron chi connectivity index (χ0n) is 10.8. The van der Waals surface area contributed by atoms with Crippen LogP contribution in [-0.4, -0.2) is 10.8 Å². The summed E-state index contributed by atoms with van der Waals surface area (Å²) in [6, 6.07) is 11.4. The predicted octanol–water partition coefficient (Wildman–Crippen LogP) is 3.39. The molecule has 2 aromatic rings. The molecule has 0 unspecified atom stereocenters. The topological polar surface area (TPSA) is 72.2 Å². The number of nitrogens with one attached hydrogen (secondary N) is 1. The second-order valence-electron chi connectivity index (χ2n) is 4.19. The first-order valence-electron chi connectivity index (χ1n) is 6.04. The van der Waals surface area contributed by atoms with Crippen molar-refractivity contribution >= 4 is 23.4 Å². The summed E-state index contributed by atoms with van der Waals surface area (Å²) in [5.74, 6) is -0.900. The SMILES string of the molecule is O=C(C=Cc1cccc([N+](=O)[O-])c1)Nc1cccc(F)c1. The van der Waals surface area contributed by atoms with E-state index in [0.29, 0.717) is 11.3 Å². The van der Waals surface area contributed by atoms with Gasteiger partial charge in [0.25, 0.3) is 5.69 Å². The number of anilines is 1. The van der Waals surface area contributed by atoms with Crippen molar-refractivity contribution in [1.82, 2.24) is 0 Å². The molecular weight excluding hydrogens is 275 g/mol. The molecule has 0 heterocycles. The van der Waals surface area contributed by atoms with Crippen LogP contribution < -0.4 is 5.32 Å². The molecule has 1 N–H and O–H groups in total. The molecule has 0 saturated heterocycles. The maximum atomic E-state index is 13.0. The Kier molecular flexibility index (Phi) is 4.40. The van der Waals surface area contributed by atoms with Gasteiger partial charge in [0.1, 0.15) is 5.82 Å². The van der Waals surface area contributed by atoms with Crippen LogP contribution in [0, 0.1) is 15.9 Å². The number of rotatable bonds is 4. The Balaban J connectivity index is 2.05. The van der Waals surface area contributed by atoms with E-state index < -0.39 is 16.6 Å². The average molecular weight is 286 g/mol. The fourth-order valence-electron chi connectivity index (χ4n) is 1.66. The third-order valence-electron chi connectivity index (χ3n) is 2.60. The molecule has 0 aliphatic rings. The van der Waals surface area contributed by atoms with E-state index in [4.69, 9.17) is 0 Å². The number of hydrogen-bond acceptors (Lipinski definition) is 3. The van der Waals surface area contributed by atoms with Crippen LogP contribution >= 0.6 is 0 Å². The van der Waals surface area contributed by atoms with Crippen LogP contribution in [0.25, 0.3) is 6.08 Å². The lowest BCUT2D eigenvalue weighted by molar-refractivity contribution is -0.384. The number of nitro benzene ring substituents is 1. The van der Waals surface area contributed by atoms with Crippen molar-refractivity contribution in [1.29, 1.82) is 0 Å². The summed E-state index contributed by atoms with van der Waals surface area (Å²) in [4.78, 5) is 21.8. The molecule has 0 fully saturated rings. The van der Waals surface area contributed by atoms with Gasteiger partial charge in [-0.2, -0.15) is 0 Å². The van der Waals surface area contributed by atoms with Crippen molar-refractivity contribution in [3.63, 3.8) is 0 Å². The van der Waals surface area contributed by atoms with Gasteiger partial charge in [-0.15, -0.1) is 0 Å². The van der Waals surface area contributed by atoms with Crippen LogP contribution in [0.3, 0.4) is 0 Å². The summed E-state index contributed by atoms with van der Waals surface area (Å²) in [7, 11) is 0. The Bertz CT molecular complexity index is 714. The van der Waals surface area contributed by atoms with Gasteiger partial charge in [0.15, 0.2) is 0 Å². The molecule has 0 bridgehead atoms. The molecule has 0 atom stereocenters. The first kappa shape index (κ1) is 14.4. The normalized spacial score (nSPS) is 10.5. The molecule has 106 valence electrons. The number of amides is 1. The van der Waals surface area contributed by atoms with E-state index in [1.807, 2.05) is 0 Å². The summed E-state index contributed by atoms with van der Waals surface area (Å²) in [6.45, 7) is 0. The Hall–Kier alpha value is -3.02. The number of halogens is 1. The van der Waals surface area contributed by atoms with Crippen molar-refractivity contribution in [2.75, 3.05) is 5.32 Å². The Morgan fingerprint density at radius 3 is 2.67 bits per heavy atom.